The fraction of sp³-hybridized carbons (Fsp3) is 0.500. The molecule has 146 valence electrons. The number of rotatable bonds is 6. The number of nitrogens with zero attached hydrogens (tertiary/aromatic N) is 3. The molecule has 0 spiro atoms. The molecule has 0 aliphatic heterocycles. The van der Waals surface area contributed by atoms with Crippen molar-refractivity contribution in [2.24, 2.45) is 0 Å². The topological polar surface area (TPSA) is 38.2 Å². The van der Waals surface area contributed by atoms with E-state index in [0.717, 1.165) is 56.0 Å². The Morgan fingerprint density at radius 2 is 1.96 bits per heavy atom. The summed E-state index contributed by atoms with van der Waals surface area (Å²) in [6.45, 7) is 2.10. The Morgan fingerprint density at radius 3 is 2.63 bits per heavy atom. The first-order valence-corrected chi connectivity index (χ1v) is 9.32. The zero-order valence-electron chi connectivity index (χ0n) is 15.6. The summed E-state index contributed by atoms with van der Waals surface area (Å²) in [6, 6.07) is 7.85. The molecule has 3 rings (SSSR count). The number of alkyl halides is 3. The van der Waals surface area contributed by atoms with Gasteiger partial charge in [0.15, 0.2) is 0 Å². The van der Waals surface area contributed by atoms with Crippen LogP contribution in [0.4, 0.5) is 24.8 Å². The van der Waals surface area contributed by atoms with Gasteiger partial charge in [-0.05, 0) is 49.8 Å². The summed E-state index contributed by atoms with van der Waals surface area (Å²) < 4.78 is 45.7. The number of hydrogen-bond donors (Lipinski definition) is 0. The van der Waals surface area contributed by atoms with Gasteiger partial charge in [-0.25, -0.2) is 4.98 Å². The highest BCUT2D eigenvalue weighted by atomic mass is 19.4. The van der Waals surface area contributed by atoms with Gasteiger partial charge in [-0.15, -0.1) is 0 Å². The van der Waals surface area contributed by atoms with Crippen LogP contribution >= 0.6 is 0 Å². The first-order chi connectivity index (χ1) is 12.9. The Bertz CT molecular complexity index is 773. The minimum Gasteiger partial charge on any atom is -0.474 e. The van der Waals surface area contributed by atoms with Crippen molar-refractivity contribution in [1.29, 1.82) is 0 Å². The summed E-state index contributed by atoms with van der Waals surface area (Å²) in [4.78, 5) is 9.76. The number of benzene rings is 1. The van der Waals surface area contributed by atoms with E-state index in [1.54, 1.807) is 11.9 Å². The highest BCUT2D eigenvalue weighted by Gasteiger charge is 2.37. The van der Waals surface area contributed by atoms with E-state index in [1.807, 2.05) is 24.3 Å². The van der Waals surface area contributed by atoms with Gasteiger partial charge in [0.25, 0.3) is 0 Å². The van der Waals surface area contributed by atoms with Crippen molar-refractivity contribution in [1.82, 2.24) is 9.97 Å². The van der Waals surface area contributed by atoms with Crippen LogP contribution in [0.3, 0.4) is 0 Å². The van der Waals surface area contributed by atoms with E-state index in [-0.39, 0.29) is 17.9 Å². The first kappa shape index (κ1) is 19.5. The van der Waals surface area contributed by atoms with Crippen LogP contribution in [0.1, 0.15) is 50.2 Å². The summed E-state index contributed by atoms with van der Waals surface area (Å²) in [6.07, 6.45) is 1.45. The average Bonchev–Trinajstić information content (AvgIpc) is 3.13. The van der Waals surface area contributed by atoms with Crippen LogP contribution < -0.4 is 9.64 Å². The molecule has 1 heterocycles. The van der Waals surface area contributed by atoms with E-state index in [2.05, 4.69) is 16.9 Å². The third-order valence-electron chi connectivity index (χ3n) is 4.76. The second-order valence-electron chi connectivity index (χ2n) is 6.89. The normalized spacial score (nSPS) is 15.1. The molecule has 4 nitrogen and oxygen atoms in total. The molecule has 0 N–H and O–H groups in total. The van der Waals surface area contributed by atoms with E-state index < -0.39 is 11.7 Å². The monoisotopic (exact) mass is 379 g/mol. The zero-order chi connectivity index (χ0) is 19.4. The van der Waals surface area contributed by atoms with Crippen molar-refractivity contribution >= 4 is 11.6 Å². The van der Waals surface area contributed by atoms with Gasteiger partial charge in [0, 0.05) is 18.9 Å². The Kier molecular flexibility index (Phi) is 5.87. The van der Waals surface area contributed by atoms with Gasteiger partial charge in [0.1, 0.15) is 11.7 Å². The maximum Gasteiger partial charge on any atom is 0.423 e. The number of ether oxygens (including phenoxy) is 1. The molecular formula is C20H24F3N3O. The molecule has 1 fully saturated rings. The van der Waals surface area contributed by atoms with Crippen LogP contribution in [-0.2, 0) is 12.6 Å². The summed E-state index contributed by atoms with van der Waals surface area (Å²) in [5.74, 6) is -0.194. The van der Waals surface area contributed by atoms with Gasteiger partial charge in [0.2, 0.25) is 11.8 Å². The van der Waals surface area contributed by atoms with Crippen molar-refractivity contribution in [3.63, 3.8) is 0 Å². The maximum absolute atomic E-state index is 13.3. The molecule has 0 unspecified atom stereocenters. The lowest BCUT2D eigenvalue weighted by Crippen LogP contribution is -2.20. The standard InChI is InChI=1S/C20H24F3N3O/c1-3-7-14-8-6-9-15(12-14)26(2)19-24-13-17(20(21,22)23)18(25-19)27-16-10-4-5-11-16/h6,8-9,12-13,16H,3-5,7,10-11H2,1-2H3. The van der Waals surface area contributed by atoms with Gasteiger partial charge >= 0.3 is 6.18 Å². The molecule has 27 heavy (non-hydrogen) atoms. The number of aromatic nitrogens is 2. The van der Waals surface area contributed by atoms with Crippen molar-refractivity contribution in [3.05, 3.63) is 41.6 Å². The van der Waals surface area contributed by atoms with Gasteiger partial charge < -0.3 is 9.64 Å². The van der Waals surface area contributed by atoms with Gasteiger partial charge in [-0.1, -0.05) is 25.5 Å². The molecule has 1 aromatic heterocycles. The smallest absolute Gasteiger partial charge is 0.423 e. The highest BCUT2D eigenvalue weighted by Crippen LogP contribution is 2.37. The minimum atomic E-state index is -4.55. The highest BCUT2D eigenvalue weighted by molar-refractivity contribution is 5.58. The molecule has 1 aromatic carbocycles. The largest absolute Gasteiger partial charge is 0.474 e. The van der Waals surface area contributed by atoms with E-state index in [0.29, 0.717) is 0 Å². The first-order valence-electron chi connectivity index (χ1n) is 9.32. The Hall–Kier alpha value is -2.31. The zero-order valence-corrected chi connectivity index (χ0v) is 15.6. The van der Waals surface area contributed by atoms with Crippen LogP contribution in [0.2, 0.25) is 0 Å². The molecule has 0 saturated heterocycles. The summed E-state index contributed by atoms with van der Waals surface area (Å²) in [5, 5.41) is 0. The maximum atomic E-state index is 13.3. The number of halogens is 3. The minimum absolute atomic E-state index is 0.185. The number of aryl methyl sites for hydroxylation is 1. The predicted octanol–water partition coefficient (Wildman–Crippen LogP) is 5.54. The molecule has 0 atom stereocenters. The number of hydrogen-bond acceptors (Lipinski definition) is 4. The van der Waals surface area contributed by atoms with Crippen molar-refractivity contribution < 1.29 is 17.9 Å². The van der Waals surface area contributed by atoms with E-state index in [4.69, 9.17) is 4.74 Å². The summed E-state index contributed by atoms with van der Waals surface area (Å²) in [7, 11) is 1.74. The van der Waals surface area contributed by atoms with Crippen LogP contribution in [0, 0.1) is 0 Å². The lowest BCUT2D eigenvalue weighted by molar-refractivity contribution is -0.139. The van der Waals surface area contributed by atoms with Gasteiger partial charge in [-0.3, -0.25) is 0 Å². The van der Waals surface area contributed by atoms with Crippen molar-refractivity contribution in [2.75, 3.05) is 11.9 Å². The summed E-state index contributed by atoms with van der Waals surface area (Å²) in [5.41, 5.74) is 1.06. The van der Waals surface area contributed by atoms with Crippen molar-refractivity contribution in [2.45, 2.75) is 57.7 Å². The lowest BCUT2D eigenvalue weighted by Gasteiger charge is -2.21. The number of anilines is 2. The second-order valence-corrected chi connectivity index (χ2v) is 6.89. The SMILES string of the molecule is CCCc1cccc(N(C)c2ncc(C(F)(F)F)c(OC3CCCC3)n2)c1. The predicted molar refractivity (Wildman–Crippen MR) is 98.4 cm³/mol. The van der Waals surface area contributed by atoms with Crippen molar-refractivity contribution in [3.8, 4) is 5.88 Å². The second kappa shape index (κ2) is 8.15. The summed E-state index contributed by atoms with van der Waals surface area (Å²) >= 11 is 0. The van der Waals surface area contributed by atoms with E-state index in [1.165, 1.54) is 0 Å². The Balaban J connectivity index is 1.91. The molecule has 2 aromatic rings. The van der Waals surface area contributed by atoms with Crippen LogP contribution in [0.5, 0.6) is 5.88 Å². The average molecular weight is 379 g/mol. The fourth-order valence-corrected chi connectivity index (χ4v) is 3.29. The van der Waals surface area contributed by atoms with Crippen LogP contribution in [0.25, 0.3) is 0 Å². The molecule has 0 amide bonds. The van der Waals surface area contributed by atoms with Crippen LogP contribution in [-0.4, -0.2) is 23.1 Å². The van der Waals surface area contributed by atoms with Gasteiger partial charge in [-0.2, -0.15) is 18.2 Å². The lowest BCUT2D eigenvalue weighted by atomic mass is 10.1. The molecule has 0 bridgehead atoms. The van der Waals surface area contributed by atoms with Gasteiger partial charge in [0.05, 0.1) is 0 Å². The molecule has 7 heteroatoms. The fourth-order valence-electron chi connectivity index (χ4n) is 3.29. The molecule has 0 radical (unpaired) electrons. The molecule has 1 aliphatic rings. The van der Waals surface area contributed by atoms with E-state index in [9.17, 15) is 13.2 Å². The third kappa shape index (κ3) is 4.70. The molecule has 1 saturated carbocycles. The van der Waals surface area contributed by atoms with E-state index >= 15 is 0 Å². The Morgan fingerprint density at radius 1 is 1.22 bits per heavy atom. The van der Waals surface area contributed by atoms with Crippen LogP contribution in [0.15, 0.2) is 30.5 Å². The third-order valence-corrected chi connectivity index (χ3v) is 4.76. The quantitative estimate of drug-likeness (QED) is 0.661. The Labute approximate surface area is 157 Å². The molecule has 1 aliphatic carbocycles. The molecular weight excluding hydrogens is 355 g/mol.